The standard InChI is InChI=1S/C33H33F5N4O3/c1-20(21-4-6-23(7-5-21)33(36,37)38)42-18-26(31(39)40-45-19-32(2,3)22-8-10-24(34)11-9-22)30(43)25-16-27(35)29(17-28(25)42)41-12-14-44-15-13-41/h4-11,16-18,20H,12-15,19H2,1-3H3,(H2,39,40). The number of amidine groups is 1. The quantitative estimate of drug-likeness (QED) is 0.106. The molecule has 7 nitrogen and oxygen atoms in total. The van der Waals surface area contributed by atoms with Crippen molar-refractivity contribution in [3.05, 3.63) is 111 Å². The molecule has 1 aromatic heterocycles. The van der Waals surface area contributed by atoms with E-state index in [2.05, 4.69) is 5.16 Å². The van der Waals surface area contributed by atoms with Gasteiger partial charge < -0.3 is 24.8 Å². The zero-order valence-corrected chi connectivity index (χ0v) is 25.0. The Morgan fingerprint density at radius 1 is 1.00 bits per heavy atom. The number of hydrogen-bond acceptors (Lipinski definition) is 5. The van der Waals surface area contributed by atoms with E-state index >= 15 is 4.39 Å². The van der Waals surface area contributed by atoms with Gasteiger partial charge in [0.15, 0.2) is 5.84 Å². The molecular weight excluding hydrogens is 595 g/mol. The molecule has 4 aromatic rings. The first kappa shape index (κ1) is 32.0. The highest BCUT2D eigenvalue weighted by molar-refractivity contribution is 6.00. The molecule has 0 bridgehead atoms. The molecule has 1 unspecified atom stereocenters. The number of halogens is 5. The smallest absolute Gasteiger partial charge is 0.393 e. The molecule has 0 radical (unpaired) electrons. The van der Waals surface area contributed by atoms with Crippen LogP contribution in [0.4, 0.5) is 27.6 Å². The molecule has 238 valence electrons. The van der Waals surface area contributed by atoms with Crippen LogP contribution in [0.25, 0.3) is 10.9 Å². The number of benzene rings is 3. The Labute approximate surface area is 256 Å². The van der Waals surface area contributed by atoms with Crippen molar-refractivity contribution in [3.8, 4) is 0 Å². The molecule has 1 fully saturated rings. The Kier molecular flexibility index (Phi) is 8.88. The van der Waals surface area contributed by atoms with Crippen LogP contribution in [0.2, 0.25) is 0 Å². The maximum atomic E-state index is 15.5. The van der Waals surface area contributed by atoms with Gasteiger partial charge in [-0.1, -0.05) is 43.3 Å². The highest BCUT2D eigenvalue weighted by atomic mass is 19.4. The van der Waals surface area contributed by atoms with Crippen LogP contribution >= 0.6 is 0 Å². The maximum Gasteiger partial charge on any atom is 0.416 e. The highest BCUT2D eigenvalue weighted by Crippen LogP contribution is 2.33. The van der Waals surface area contributed by atoms with E-state index in [4.69, 9.17) is 15.3 Å². The number of anilines is 1. The second-order valence-electron chi connectivity index (χ2n) is 11.6. The van der Waals surface area contributed by atoms with Gasteiger partial charge in [-0.3, -0.25) is 4.79 Å². The molecule has 1 aliphatic rings. The molecule has 1 saturated heterocycles. The molecule has 5 rings (SSSR count). The predicted octanol–water partition coefficient (Wildman–Crippen LogP) is 6.36. The maximum absolute atomic E-state index is 15.5. The van der Waals surface area contributed by atoms with Crippen LogP contribution < -0.4 is 16.1 Å². The number of pyridine rings is 1. The average molecular weight is 629 g/mol. The minimum absolute atomic E-state index is 0.0190. The highest BCUT2D eigenvalue weighted by Gasteiger charge is 2.30. The van der Waals surface area contributed by atoms with E-state index in [1.807, 2.05) is 18.7 Å². The third kappa shape index (κ3) is 6.80. The number of nitrogens with zero attached hydrogens (tertiary/aromatic N) is 3. The predicted molar refractivity (Wildman–Crippen MR) is 163 cm³/mol. The molecule has 3 aromatic carbocycles. The Morgan fingerprint density at radius 2 is 1.62 bits per heavy atom. The summed E-state index contributed by atoms with van der Waals surface area (Å²) in [5.74, 6) is -1.24. The number of morpholine rings is 1. The molecule has 0 aliphatic carbocycles. The fourth-order valence-corrected chi connectivity index (χ4v) is 5.32. The Bertz CT molecular complexity index is 1760. The van der Waals surface area contributed by atoms with E-state index in [0.29, 0.717) is 37.4 Å². The number of nitrogens with two attached hydrogens (primary N) is 1. The van der Waals surface area contributed by atoms with Gasteiger partial charge in [0.2, 0.25) is 5.43 Å². The van der Waals surface area contributed by atoms with E-state index in [1.165, 1.54) is 30.5 Å². The molecule has 0 saturated carbocycles. The van der Waals surface area contributed by atoms with Crippen molar-refractivity contribution in [2.75, 3.05) is 37.8 Å². The monoisotopic (exact) mass is 628 g/mol. The van der Waals surface area contributed by atoms with Crippen LogP contribution in [0.3, 0.4) is 0 Å². The lowest BCUT2D eigenvalue weighted by Gasteiger charge is -2.30. The molecule has 1 atom stereocenters. The first-order valence-electron chi connectivity index (χ1n) is 14.4. The summed E-state index contributed by atoms with van der Waals surface area (Å²) in [4.78, 5) is 21.1. The summed E-state index contributed by atoms with van der Waals surface area (Å²) in [7, 11) is 0. The number of rotatable bonds is 8. The summed E-state index contributed by atoms with van der Waals surface area (Å²) >= 11 is 0. The van der Waals surface area contributed by atoms with Crippen molar-refractivity contribution in [2.24, 2.45) is 10.9 Å². The Hall–Kier alpha value is -4.45. The van der Waals surface area contributed by atoms with Gasteiger partial charge in [0, 0.05) is 30.1 Å². The van der Waals surface area contributed by atoms with Gasteiger partial charge in [-0.15, -0.1) is 0 Å². The summed E-state index contributed by atoms with van der Waals surface area (Å²) in [6, 6.07) is 12.8. The van der Waals surface area contributed by atoms with Gasteiger partial charge >= 0.3 is 6.18 Å². The second-order valence-corrected chi connectivity index (χ2v) is 11.6. The molecule has 2 N–H and O–H groups in total. The van der Waals surface area contributed by atoms with Crippen LogP contribution in [0, 0.1) is 11.6 Å². The minimum atomic E-state index is -4.50. The fraction of sp³-hybridized carbons (Fsp3) is 0.333. The number of hydrogen-bond donors (Lipinski definition) is 1. The van der Waals surface area contributed by atoms with Crippen molar-refractivity contribution in [1.29, 1.82) is 0 Å². The lowest BCUT2D eigenvalue weighted by atomic mass is 9.86. The zero-order valence-electron chi connectivity index (χ0n) is 25.0. The van der Waals surface area contributed by atoms with Crippen molar-refractivity contribution in [1.82, 2.24) is 4.57 Å². The SMILES string of the molecule is CC(c1ccc(C(F)(F)F)cc1)n1cc(/C(N)=N/OCC(C)(C)c2ccc(F)cc2)c(=O)c2cc(F)c(N3CCOCC3)cc21. The largest absolute Gasteiger partial charge is 0.416 e. The van der Waals surface area contributed by atoms with Crippen molar-refractivity contribution >= 4 is 22.4 Å². The summed E-state index contributed by atoms with van der Waals surface area (Å²) in [6.45, 7) is 7.26. The van der Waals surface area contributed by atoms with Crippen molar-refractivity contribution < 1.29 is 31.5 Å². The van der Waals surface area contributed by atoms with Crippen LogP contribution in [-0.4, -0.2) is 43.3 Å². The molecule has 0 spiro atoms. The van der Waals surface area contributed by atoms with Gasteiger partial charge in [-0.25, -0.2) is 8.78 Å². The van der Waals surface area contributed by atoms with Gasteiger partial charge in [-0.05, 0) is 54.4 Å². The molecular formula is C33H33F5N4O3. The van der Waals surface area contributed by atoms with Crippen LogP contribution in [-0.2, 0) is 21.2 Å². The van der Waals surface area contributed by atoms with E-state index in [0.717, 1.165) is 23.8 Å². The van der Waals surface area contributed by atoms with Crippen molar-refractivity contribution in [2.45, 2.75) is 38.4 Å². The normalized spacial score (nSPS) is 15.4. The van der Waals surface area contributed by atoms with Gasteiger partial charge in [-0.2, -0.15) is 13.2 Å². The lowest BCUT2D eigenvalue weighted by Crippen LogP contribution is -2.37. The molecule has 2 heterocycles. The number of aromatic nitrogens is 1. The van der Waals surface area contributed by atoms with E-state index < -0.39 is 34.4 Å². The van der Waals surface area contributed by atoms with Gasteiger partial charge in [0.05, 0.1) is 41.6 Å². The van der Waals surface area contributed by atoms with E-state index in [9.17, 15) is 22.4 Å². The van der Waals surface area contributed by atoms with Crippen LogP contribution in [0.1, 0.15) is 49.1 Å². The van der Waals surface area contributed by atoms with E-state index in [1.54, 1.807) is 29.7 Å². The number of alkyl halides is 3. The molecule has 0 amide bonds. The van der Waals surface area contributed by atoms with Crippen molar-refractivity contribution in [3.63, 3.8) is 0 Å². The number of fused-ring (bicyclic) bond motifs is 1. The molecule has 1 aliphatic heterocycles. The van der Waals surface area contributed by atoms with Crippen LogP contribution in [0.15, 0.2) is 76.8 Å². The fourth-order valence-electron chi connectivity index (χ4n) is 5.32. The average Bonchev–Trinajstić information content (AvgIpc) is 3.01. The first-order valence-corrected chi connectivity index (χ1v) is 14.4. The lowest BCUT2D eigenvalue weighted by molar-refractivity contribution is -0.137. The van der Waals surface area contributed by atoms with E-state index in [-0.39, 0.29) is 34.9 Å². The van der Waals surface area contributed by atoms with Gasteiger partial charge in [0.25, 0.3) is 0 Å². The number of oxime groups is 1. The van der Waals surface area contributed by atoms with Gasteiger partial charge in [0.1, 0.15) is 18.2 Å². The summed E-state index contributed by atoms with van der Waals surface area (Å²) in [5, 5.41) is 4.00. The zero-order chi connectivity index (χ0) is 32.5. The molecule has 12 heteroatoms. The summed E-state index contributed by atoms with van der Waals surface area (Å²) < 4.78 is 75.7. The second kappa shape index (κ2) is 12.5. The Balaban J connectivity index is 1.56. The molecule has 45 heavy (non-hydrogen) atoms. The minimum Gasteiger partial charge on any atom is -0.393 e. The third-order valence-electron chi connectivity index (χ3n) is 8.08. The third-order valence-corrected chi connectivity index (χ3v) is 8.08. The summed E-state index contributed by atoms with van der Waals surface area (Å²) in [6.07, 6.45) is -3.04. The first-order chi connectivity index (χ1) is 21.3. The Morgan fingerprint density at radius 3 is 2.24 bits per heavy atom. The topological polar surface area (TPSA) is 82.1 Å². The summed E-state index contributed by atoms with van der Waals surface area (Å²) in [5.41, 5.74) is 6.17. The van der Waals surface area contributed by atoms with Crippen LogP contribution in [0.5, 0.6) is 0 Å². The number of ether oxygens (including phenoxy) is 1.